The fourth-order valence-electron chi connectivity index (χ4n) is 3.23. The maximum Gasteiger partial charge on any atom is 0.306 e. The number of carboxylic acid groups (broad SMARTS) is 1. The van der Waals surface area contributed by atoms with Gasteiger partial charge in [-0.25, -0.2) is 0 Å². The standard InChI is InChI=1S/C15H25NO4/c17-14(7-6-12-4-2-1-3-5-12)16-8-9-20-13(11-16)10-15(18)19/h12-13H,1-11H2,(H,18,19). The average Bonchev–Trinajstić information content (AvgIpc) is 2.45. The first kappa shape index (κ1) is 15.3. The predicted molar refractivity (Wildman–Crippen MR) is 74.4 cm³/mol. The van der Waals surface area contributed by atoms with Crippen LogP contribution < -0.4 is 0 Å². The van der Waals surface area contributed by atoms with Gasteiger partial charge >= 0.3 is 5.97 Å². The van der Waals surface area contributed by atoms with Crippen LogP contribution in [-0.4, -0.2) is 47.7 Å². The summed E-state index contributed by atoms with van der Waals surface area (Å²) in [5.74, 6) is 0.00400. The number of aliphatic carboxylic acids is 1. The van der Waals surface area contributed by atoms with Crippen molar-refractivity contribution in [3.63, 3.8) is 0 Å². The number of hydrogen-bond donors (Lipinski definition) is 1. The van der Waals surface area contributed by atoms with E-state index in [9.17, 15) is 9.59 Å². The van der Waals surface area contributed by atoms with Crippen molar-refractivity contribution in [2.45, 2.75) is 57.5 Å². The predicted octanol–water partition coefficient (Wildman–Crippen LogP) is 2.05. The summed E-state index contributed by atoms with van der Waals surface area (Å²) in [7, 11) is 0. The topological polar surface area (TPSA) is 66.8 Å². The zero-order valence-corrected chi connectivity index (χ0v) is 12.1. The number of morpholine rings is 1. The summed E-state index contributed by atoms with van der Waals surface area (Å²) in [6.45, 7) is 1.47. The van der Waals surface area contributed by atoms with Gasteiger partial charge in [-0.1, -0.05) is 32.1 Å². The second kappa shape index (κ2) is 7.62. The highest BCUT2D eigenvalue weighted by Crippen LogP contribution is 2.27. The number of carbonyl (C=O) groups excluding carboxylic acids is 1. The Morgan fingerprint density at radius 2 is 1.95 bits per heavy atom. The third kappa shape index (κ3) is 4.78. The third-order valence-corrected chi connectivity index (χ3v) is 4.38. The average molecular weight is 283 g/mol. The van der Waals surface area contributed by atoms with Crippen molar-refractivity contribution in [2.24, 2.45) is 5.92 Å². The number of rotatable bonds is 5. The van der Waals surface area contributed by atoms with Crippen molar-refractivity contribution >= 4 is 11.9 Å². The highest BCUT2D eigenvalue weighted by molar-refractivity contribution is 5.76. The van der Waals surface area contributed by atoms with Crippen LogP contribution in [0, 0.1) is 5.92 Å². The van der Waals surface area contributed by atoms with Gasteiger partial charge in [0, 0.05) is 19.5 Å². The van der Waals surface area contributed by atoms with Gasteiger partial charge in [-0.3, -0.25) is 9.59 Å². The maximum absolute atomic E-state index is 12.2. The lowest BCUT2D eigenvalue weighted by Gasteiger charge is -2.33. The summed E-state index contributed by atoms with van der Waals surface area (Å²) >= 11 is 0. The van der Waals surface area contributed by atoms with Crippen LogP contribution in [0.2, 0.25) is 0 Å². The van der Waals surface area contributed by atoms with Crippen molar-refractivity contribution in [2.75, 3.05) is 19.7 Å². The van der Waals surface area contributed by atoms with E-state index in [4.69, 9.17) is 9.84 Å². The number of ether oxygens (including phenoxy) is 1. The Labute approximate surface area is 120 Å². The van der Waals surface area contributed by atoms with Crippen molar-refractivity contribution in [1.29, 1.82) is 0 Å². The van der Waals surface area contributed by atoms with E-state index in [1.165, 1.54) is 32.1 Å². The molecule has 1 saturated carbocycles. The highest BCUT2D eigenvalue weighted by atomic mass is 16.5. The molecular weight excluding hydrogens is 258 g/mol. The summed E-state index contributed by atoms with van der Waals surface area (Å²) in [5.41, 5.74) is 0. The molecular formula is C15H25NO4. The number of hydrogen-bond acceptors (Lipinski definition) is 3. The summed E-state index contributed by atoms with van der Waals surface area (Å²) in [5, 5.41) is 8.78. The molecule has 2 aliphatic rings. The molecule has 0 aromatic carbocycles. The normalized spacial score (nSPS) is 24.6. The van der Waals surface area contributed by atoms with Crippen LogP contribution in [0.1, 0.15) is 51.4 Å². The molecule has 0 bridgehead atoms. The Hall–Kier alpha value is -1.10. The smallest absolute Gasteiger partial charge is 0.306 e. The monoisotopic (exact) mass is 283 g/mol. The zero-order chi connectivity index (χ0) is 14.4. The lowest BCUT2D eigenvalue weighted by atomic mass is 9.86. The summed E-state index contributed by atoms with van der Waals surface area (Å²) < 4.78 is 5.39. The van der Waals surface area contributed by atoms with Crippen LogP contribution in [0.4, 0.5) is 0 Å². The van der Waals surface area contributed by atoms with Crippen LogP contribution in [0.5, 0.6) is 0 Å². The number of nitrogens with zero attached hydrogens (tertiary/aromatic N) is 1. The van der Waals surface area contributed by atoms with E-state index < -0.39 is 5.97 Å². The molecule has 1 N–H and O–H groups in total. The SMILES string of the molecule is O=C(O)CC1CN(C(=O)CCC2CCCCC2)CCO1. The molecule has 1 saturated heterocycles. The summed E-state index contributed by atoms with van der Waals surface area (Å²) in [6.07, 6.45) is 7.69. The van der Waals surface area contributed by atoms with Gasteiger partial charge in [0.15, 0.2) is 0 Å². The Bertz CT molecular complexity index is 339. The lowest BCUT2D eigenvalue weighted by Crippen LogP contribution is -2.46. The first-order valence-corrected chi connectivity index (χ1v) is 7.76. The van der Waals surface area contributed by atoms with Gasteiger partial charge in [-0.15, -0.1) is 0 Å². The minimum Gasteiger partial charge on any atom is -0.481 e. The Kier molecular flexibility index (Phi) is 5.83. The van der Waals surface area contributed by atoms with Crippen LogP contribution in [-0.2, 0) is 14.3 Å². The van der Waals surface area contributed by atoms with Crippen molar-refractivity contribution < 1.29 is 19.4 Å². The quantitative estimate of drug-likeness (QED) is 0.838. The van der Waals surface area contributed by atoms with Gasteiger partial charge in [-0.2, -0.15) is 0 Å². The van der Waals surface area contributed by atoms with Crippen LogP contribution in [0.15, 0.2) is 0 Å². The third-order valence-electron chi connectivity index (χ3n) is 4.38. The fourth-order valence-corrected chi connectivity index (χ4v) is 3.23. The Balaban J connectivity index is 1.72. The molecule has 5 heteroatoms. The first-order valence-electron chi connectivity index (χ1n) is 7.76. The largest absolute Gasteiger partial charge is 0.481 e. The van der Waals surface area contributed by atoms with Crippen LogP contribution >= 0.6 is 0 Å². The van der Waals surface area contributed by atoms with Crippen molar-refractivity contribution in [1.82, 2.24) is 4.90 Å². The molecule has 1 aliphatic heterocycles. The second-order valence-corrected chi connectivity index (χ2v) is 5.97. The minimum absolute atomic E-state index is 0.0214. The van der Waals surface area contributed by atoms with Gasteiger partial charge in [-0.05, 0) is 12.3 Å². The van der Waals surface area contributed by atoms with E-state index in [1.807, 2.05) is 0 Å². The molecule has 0 radical (unpaired) electrons. The Morgan fingerprint density at radius 3 is 2.65 bits per heavy atom. The lowest BCUT2D eigenvalue weighted by molar-refractivity contribution is -0.147. The van der Waals surface area contributed by atoms with Gasteiger partial charge in [0.25, 0.3) is 0 Å². The van der Waals surface area contributed by atoms with E-state index in [2.05, 4.69) is 0 Å². The molecule has 2 rings (SSSR count). The molecule has 1 atom stereocenters. The van der Waals surface area contributed by atoms with Gasteiger partial charge < -0.3 is 14.7 Å². The van der Waals surface area contributed by atoms with Crippen LogP contribution in [0.25, 0.3) is 0 Å². The van der Waals surface area contributed by atoms with E-state index >= 15 is 0 Å². The van der Waals surface area contributed by atoms with Gasteiger partial charge in [0.2, 0.25) is 5.91 Å². The number of amides is 1. The van der Waals surface area contributed by atoms with Gasteiger partial charge in [0.1, 0.15) is 0 Å². The molecule has 1 unspecified atom stereocenters. The van der Waals surface area contributed by atoms with E-state index in [1.54, 1.807) is 4.90 Å². The molecule has 0 aromatic heterocycles. The number of carboxylic acids is 1. The van der Waals surface area contributed by atoms with E-state index in [0.29, 0.717) is 32.0 Å². The molecule has 0 spiro atoms. The zero-order valence-electron chi connectivity index (χ0n) is 12.1. The molecule has 20 heavy (non-hydrogen) atoms. The fraction of sp³-hybridized carbons (Fsp3) is 0.867. The molecule has 1 heterocycles. The van der Waals surface area contributed by atoms with E-state index in [-0.39, 0.29) is 18.4 Å². The summed E-state index contributed by atoms with van der Waals surface area (Å²) in [6, 6.07) is 0. The summed E-state index contributed by atoms with van der Waals surface area (Å²) in [4.78, 5) is 24.7. The first-order chi connectivity index (χ1) is 9.65. The minimum atomic E-state index is -0.869. The molecule has 1 aliphatic carbocycles. The Morgan fingerprint density at radius 1 is 1.20 bits per heavy atom. The van der Waals surface area contributed by atoms with Crippen molar-refractivity contribution in [3.8, 4) is 0 Å². The molecule has 1 amide bonds. The van der Waals surface area contributed by atoms with Crippen molar-refractivity contribution in [3.05, 3.63) is 0 Å². The number of carbonyl (C=O) groups is 2. The van der Waals surface area contributed by atoms with Gasteiger partial charge in [0.05, 0.1) is 19.1 Å². The van der Waals surface area contributed by atoms with E-state index in [0.717, 1.165) is 6.42 Å². The molecule has 2 fully saturated rings. The maximum atomic E-state index is 12.2. The molecule has 5 nitrogen and oxygen atoms in total. The van der Waals surface area contributed by atoms with Crippen LogP contribution in [0.3, 0.4) is 0 Å². The molecule has 114 valence electrons. The second-order valence-electron chi connectivity index (χ2n) is 5.97. The molecule has 0 aromatic rings. The highest BCUT2D eigenvalue weighted by Gasteiger charge is 2.26.